The van der Waals surface area contributed by atoms with Gasteiger partial charge in [0.15, 0.2) is 5.96 Å². The summed E-state index contributed by atoms with van der Waals surface area (Å²) < 4.78 is 47.2. The molecule has 0 aliphatic heterocycles. The van der Waals surface area contributed by atoms with Crippen LogP contribution in [0, 0.1) is 0 Å². The van der Waals surface area contributed by atoms with Crippen LogP contribution in [0.5, 0.6) is 5.75 Å². The zero-order chi connectivity index (χ0) is 17.8. The van der Waals surface area contributed by atoms with E-state index in [0.29, 0.717) is 37.2 Å². The van der Waals surface area contributed by atoms with Crippen LogP contribution in [0.1, 0.15) is 19.8 Å². The SMILES string of the molecule is CCNC(=NCCC(F)(F)F)Nc1cccc(OCCCOC)c1.I. The van der Waals surface area contributed by atoms with Crippen LogP contribution in [0.2, 0.25) is 0 Å². The minimum atomic E-state index is -4.21. The van der Waals surface area contributed by atoms with Gasteiger partial charge in [0.1, 0.15) is 5.75 Å². The molecule has 0 radical (unpaired) electrons. The van der Waals surface area contributed by atoms with Gasteiger partial charge in [-0.2, -0.15) is 13.2 Å². The van der Waals surface area contributed by atoms with Crippen LogP contribution < -0.4 is 15.4 Å². The number of halogens is 4. The molecule has 0 heterocycles. The molecule has 0 bridgehead atoms. The summed E-state index contributed by atoms with van der Waals surface area (Å²) in [5, 5.41) is 5.89. The first-order valence-corrected chi connectivity index (χ1v) is 7.78. The van der Waals surface area contributed by atoms with E-state index in [1.807, 2.05) is 13.0 Å². The van der Waals surface area contributed by atoms with Crippen LogP contribution in [0.4, 0.5) is 18.9 Å². The quantitative estimate of drug-likeness (QED) is 0.245. The molecule has 0 aliphatic carbocycles. The molecule has 1 rings (SSSR count). The van der Waals surface area contributed by atoms with Gasteiger partial charge in [-0.3, -0.25) is 4.99 Å². The highest BCUT2D eigenvalue weighted by molar-refractivity contribution is 14.0. The number of hydrogen-bond acceptors (Lipinski definition) is 3. The van der Waals surface area contributed by atoms with E-state index in [1.54, 1.807) is 25.3 Å². The minimum Gasteiger partial charge on any atom is -0.493 e. The zero-order valence-corrected chi connectivity index (χ0v) is 16.7. The molecule has 2 N–H and O–H groups in total. The van der Waals surface area contributed by atoms with Crippen LogP contribution in [-0.4, -0.2) is 45.5 Å². The fraction of sp³-hybridized carbons (Fsp3) is 0.562. The molecule has 144 valence electrons. The second-order valence-corrected chi connectivity index (χ2v) is 4.97. The summed E-state index contributed by atoms with van der Waals surface area (Å²) in [5.41, 5.74) is 0.686. The number of methoxy groups -OCH3 is 1. The normalized spacial score (nSPS) is 11.6. The topological polar surface area (TPSA) is 54.9 Å². The molecule has 0 atom stereocenters. The van der Waals surface area contributed by atoms with Gasteiger partial charge in [-0.25, -0.2) is 0 Å². The highest BCUT2D eigenvalue weighted by atomic mass is 127. The maximum atomic E-state index is 12.2. The van der Waals surface area contributed by atoms with Gasteiger partial charge < -0.3 is 20.1 Å². The highest BCUT2D eigenvalue weighted by Crippen LogP contribution is 2.19. The fourth-order valence-electron chi connectivity index (χ4n) is 1.80. The molecule has 0 spiro atoms. The van der Waals surface area contributed by atoms with E-state index in [1.165, 1.54) is 0 Å². The molecule has 0 aliphatic rings. The van der Waals surface area contributed by atoms with Crippen molar-refractivity contribution in [1.29, 1.82) is 0 Å². The Labute approximate surface area is 163 Å². The van der Waals surface area contributed by atoms with Crippen LogP contribution in [-0.2, 0) is 4.74 Å². The molecule has 1 aromatic rings. The van der Waals surface area contributed by atoms with Crippen LogP contribution in [0.15, 0.2) is 29.3 Å². The van der Waals surface area contributed by atoms with E-state index >= 15 is 0 Å². The Hall–Kier alpha value is -1.23. The Bertz CT molecular complexity index is 514. The van der Waals surface area contributed by atoms with E-state index in [2.05, 4.69) is 15.6 Å². The van der Waals surface area contributed by atoms with Gasteiger partial charge in [0.2, 0.25) is 0 Å². The fourth-order valence-corrected chi connectivity index (χ4v) is 1.80. The first kappa shape index (κ1) is 23.8. The van der Waals surface area contributed by atoms with Gasteiger partial charge in [-0.15, -0.1) is 24.0 Å². The van der Waals surface area contributed by atoms with E-state index < -0.39 is 12.6 Å². The summed E-state index contributed by atoms with van der Waals surface area (Å²) in [7, 11) is 1.63. The molecule has 0 unspecified atom stereocenters. The summed E-state index contributed by atoms with van der Waals surface area (Å²) in [6.07, 6.45) is -4.39. The maximum Gasteiger partial charge on any atom is 0.390 e. The third-order valence-corrected chi connectivity index (χ3v) is 2.87. The van der Waals surface area contributed by atoms with Crippen molar-refractivity contribution in [3.05, 3.63) is 24.3 Å². The number of rotatable bonds is 9. The van der Waals surface area contributed by atoms with Crippen LogP contribution >= 0.6 is 24.0 Å². The van der Waals surface area contributed by atoms with Gasteiger partial charge in [0, 0.05) is 38.4 Å². The Morgan fingerprint density at radius 2 is 2.00 bits per heavy atom. The van der Waals surface area contributed by atoms with Gasteiger partial charge in [0.05, 0.1) is 19.6 Å². The van der Waals surface area contributed by atoms with Gasteiger partial charge >= 0.3 is 6.18 Å². The first-order valence-electron chi connectivity index (χ1n) is 7.78. The van der Waals surface area contributed by atoms with Crippen molar-refractivity contribution in [2.24, 2.45) is 4.99 Å². The number of guanidine groups is 1. The molecule has 25 heavy (non-hydrogen) atoms. The number of hydrogen-bond donors (Lipinski definition) is 2. The molecular formula is C16H25F3IN3O2. The Kier molecular flexibility index (Phi) is 12.4. The molecule has 0 aromatic heterocycles. The predicted octanol–water partition coefficient (Wildman–Crippen LogP) is 4.05. The number of benzene rings is 1. The van der Waals surface area contributed by atoms with E-state index in [-0.39, 0.29) is 30.5 Å². The molecule has 0 saturated carbocycles. The molecule has 0 saturated heterocycles. The lowest BCUT2D eigenvalue weighted by Crippen LogP contribution is -2.31. The number of nitrogens with one attached hydrogen (secondary N) is 2. The van der Waals surface area contributed by atoms with Gasteiger partial charge in [-0.1, -0.05) is 6.07 Å². The standard InChI is InChI=1S/C16H24F3N3O2.HI/c1-3-20-15(21-9-8-16(17,18)19)22-13-6-4-7-14(12-13)24-11-5-10-23-2;/h4,6-7,12H,3,5,8-11H2,1-2H3,(H2,20,21,22);1H. The Morgan fingerprint density at radius 3 is 2.64 bits per heavy atom. The number of aliphatic imine (C=N–C) groups is 1. The van der Waals surface area contributed by atoms with Crippen LogP contribution in [0.25, 0.3) is 0 Å². The number of alkyl halides is 3. The maximum absolute atomic E-state index is 12.2. The van der Waals surface area contributed by atoms with Crippen molar-refractivity contribution in [2.75, 3.05) is 38.7 Å². The monoisotopic (exact) mass is 475 g/mol. The average molecular weight is 475 g/mol. The predicted molar refractivity (Wildman–Crippen MR) is 104 cm³/mol. The molecule has 0 amide bonds. The second kappa shape index (κ2) is 13.0. The van der Waals surface area contributed by atoms with Crippen molar-refractivity contribution in [3.63, 3.8) is 0 Å². The Balaban J connectivity index is 0.00000576. The van der Waals surface area contributed by atoms with Crippen molar-refractivity contribution < 1.29 is 22.6 Å². The molecular weight excluding hydrogens is 450 g/mol. The minimum absolute atomic E-state index is 0. The smallest absolute Gasteiger partial charge is 0.390 e. The van der Waals surface area contributed by atoms with E-state index in [0.717, 1.165) is 6.42 Å². The molecule has 1 aromatic carbocycles. The summed E-state index contributed by atoms with van der Waals surface area (Å²) in [6.45, 7) is 3.21. The van der Waals surface area contributed by atoms with Crippen molar-refractivity contribution in [3.8, 4) is 5.75 Å². The number of nitrogens with zero attached hydrogens (tertiary/aromatic N) is 1. The van der Waals surface area contributed by atoms with Gasteiger partial charge in [-0.05, 0) is 19.1 Å². The second-order valence-electron chi connectivity index (χ2n) is 4.97. The van der Waals surface area contributed by atoms with Gasteiger partial charge in [0.25, 0.3) is 0 Å². The summed E-state index contributed by atoms with van der Waals surface area (Å²) >= 11 is 0. The molecule has 9 heteroatoms. The summed E-state index contributed by atoms with van der Waals surface area (Å²) in [5.74, 6) is 0.973. The third kappa shape index (κ3) is 11.9. The third-order valence-electron chi connectivity index (χ3n) is 2.87. The van der Waals surface area contributed by atoms with Crippen molar-refractivity contribution in [1.82, 2.24) is 5.32 Å². The lowest BCUT2D eigenvalue weighted by atomic mass is 10.3. The van der Waals surface area contributed by atoms with Crippen molar-refractivity contribution in [2.45, 2.75) is 25.9 Å². The number of ether oxygens (including phenoxy) is 2. The Morgan fingerprint density at radius 1 is 1.24 bits per heavy atom. The number of anilines is 1. The van der Waals surface area contributed by atoms with E-state index in [4.69, 9.17) is 9.47 Å². The largest absolute Gasteiger partial charge is 0.493 e. The molecule has 0 fully saturated rings. The van der Waals surface area contributed by atoms with E-state index in [9.17, 15) is 13.2 Å². The molecule has 5 nitrogen and oxygen atoms in total. The lowest BCUT2D eigenvalue weighted by Gasteiger charge is -2.13. The summed E-state index contributed by atoms with van der Waals surface area (Å²) in [4.78, 5) is 3.93. The summed E-state index contributed by atoms with van der Waals surface area (Å²) in [6, 6.07) is 7.17. The average Bonchev–Trinajstić information content (AvgIpc) is 2.51. The lowest BCUT2D eigenvalue weighted by molar-refractivity contribution is -0.132. The van der Waals surface area contributed by atoms with Crippen molar-refractivity contribution >= 4 is 35.6 Å². The highest BCUT2D eigenvalue weighted by Gasteiger charge is 2.26. The zero-order valence-electron chi connectivity index (χ0n) is 14.4. The van der Waals surface area contributed by atoms with Crippen LogP contribution in [0.3, 0.4) is 0 Å². The first-order chi connectivity index (χ1) is 11.4.